The van der Waals surface area contributed by atoms with E-state index in [4.69, 9.17) is 11.6 Å². The van der Waals surface area contributed by atoms with Crippen molar-refractivity contribution in [3.8, 4) is 22.6 Å². The van der Waals surface area contributed by atoms with E-state index >= 15 is 0 Å². The molecule has 0 radical (unpaired) electrons. The van der Waals surface area contributed by atoms with E-state index in [1.54, 1.807) is 15.9 Å². The number of rotatable bonds is 8. The van der Waals surface area contributed by atoms with Crippen LogP contribution in [0.3, 0.4) is 0 Å². The molecule has 262 valence electrons. The first-order valence-corrected chi connectivity index (χ1v) is 15.6. The van der Waals surface area contributed by atoms with Gasteiger partial charge in [0.2, 0.25) is 5.91 Å². The number of nitro groups is 1. The van der Waals surface area contributed by atoms with Gasteiger partial charge in [0.05, 0.1) is 44.8 Å². The fourth-order valence-electron chi connectivity index (χ4n) is 5.74. The minimum absolute atomic E-state index is 0.0671. The number of halogens is 4. The summed E-state index contributed by atoms with van der Waals surface area (Å²) >= 11 is 6.44. The third-order valence-electron chi connectivity index (χ3n) is 8.36. The fourth-order valence-corrected chi connectivity index (χ4v) is 6.02. The first-order chi connectivity index (χ1) is 23.8. The van der Waals surface area contributed by atoms with Crippen LogP contribution in [0.5, 0.6) is 0 Å². The van der Waals surface area contributed by atoms with Gasteiger partial charge < -0.3 is 30.5 Å². The van der Waals surface area contributed by atoms with Crippen LogP contribution in [0.2, 0.25) is 5.02 Å². The molecule has 3 aromatic heterocycles. The molecule has 5 N–H and O–H groups in total. The Morgan fingerprint density at radius 2 is 1.82 bits per heavy atom. The third-order valence-corrected chi connectivity index (χ3v) is 8.67. The molecule has 2 fully saturated rings. The summed E-state index contributed by atoms with van der Waals surface area (Å²) in [6.07, 6.45) is -3.22. The summed E-state index contributed by atoms with van der Waals surface area (Å²) in [5.74, 6) is -1.60. The highest BCUT2D eigenvalue weighted by atomic mass is 35.5. The summed E-state index contributed by atoms with van der Waals surface area (Å²) in [5, 5.41) is 32.4. The van der Waals surface area contributed by atoms with Crippen molar-refractivity contribution in [2.75, 3.05) is 32.7 Å². The molecule has 0 spiro atoms. The molecular weight excluding hydrogens is 689 g/mol. The standard InChI is InChI=1S/C30H28ClF3N10O6/c31-18-11-15(1-3-17(18)28(47)42-7-9-43(10-8-42)29(48)24-21(45)5-6-35-24)12-38-27(46)26-37-14-20(39-26)22-23(40-41-25(22)30(32,33)34)19-4-2-16(13-36-19)44(49)50/h1-4,11,13-14,21,24,35,45H,5-10,12H2,(H,37,39)(H,38,46)(H,40,41)/t21-,24-/m0/s1. The van der Waals surface area contributed by atoms with Crippen molar-refractivity contribution in [3.05, 3.63) is 80.5 Å². The number of benzene rings is 1. The Balaban J connectivity index is 1.09. The third kappa shape index (κ3) is 7.00. The number of carbonyl (C=O) groups excluding carboxylic acids is 3. The molecular formula is C30H28ClF3N10O6. The Labute approximate surface area is 285 Å². The number of pyridine rings is 1. The largest absolute Gasteiger partial charge is 0.433 e. The number of carbonyl (C=O) groups is 3. The van der Waals surface area contributed by atoms with Gasteiger partial charge in [-0.25, -0.2) is 9.97 Å². The first kappa shape index (κ1) is 34.5. The summed E-state index contributed by atoms with van der Waals surface area (Å²) in [6.45, 7) is 1.66. The average molecular weight is 717 g/mol. The Morgan fingerprint density at radius 1 is 1.08 bits per heavy atom. The smallest absolute Gasteiger partial charge is 0.391 e. The second kappa shape index (κ2) is 13.8. The zero-order valence-corrected chi connectivity index (χ0v) is 26.6. The van der Waals surface area contributed by atoms with Crippen molar-refractivity contribution in [1.82, 2.24) is 45.6 Å². The van der Waals surface area contributed by atoms with E-state index in [1.807, 2.05) is 5.10 Å². The lowest BCUT2D eigenvalue weighted by molar-refractivity contribution is -0.385. The van der Waals surface area contributed by atoms with Crippen molar-refractivity contribution in [2.24, 2.45) is 0 Å². The molecule has 3 amide bonds. The molecule has 0 aliphatic carbocycles. The molecule has 16 nitrogen and oxygen atoms in total. The predicted molar refractivity (Wildman–Crippen MR) is 169 cm³/mol. The number of hydrogen-bond donors (Lipinski definition) is 5. The minimum Gasteiger partial charge on any atom is -0.391 e. The van der Waals surface area contributed by atoms with Gasteiger partial charge in [0.25, 0.3) is 17.5 Å². The normalized spacial score (nSPS) is 17.9. The van der Waals surface area contributed by atoms with Gasteiger partial charge in [0, 0.05) is 38.8 Å². The van der Waals surface area contributed by atoms with Crippen molar-refractivity contribution < 1.29 is 37.6 Å². The monoisotopic (exact) mass is 716 g/mol. The van der Waals surface area contributed by atoms with Gasteiger partial charge in [-0.2, -0.15) is 18.3 Å². The topological polar surface area (TPSA) is 215 Å². The number of imidazole rings is 1. The second-order valence-electron chi connectivity index (χ2n) is 11.5. The number of aromatic nitrogens is 5. The molecule has 4 aromatic rings. The fraction of sp³-hybridized carbons (Fsp3) is 0.333. The molecule has 50 heavy (non-hydrogen) atoms. The van der Waals surface area contributed by atoms with Gasteiger partial charge in [-0.3, -0.25) is 29.6 Å². The van der Waals surface area contributed by atoms with Crippen molar-refractivity contribution >= 4 is 35.0 Å². The molecule has 0 bridgehead atoms. The van der Waals surface area contributed by atoms with Gasteiger partial charge in [-0.1, -0.05) is 17.7 Å². The number of nitrogens with zero attached hydrogens (tertiary/aromatic N) is 6. The van der Waals surface area contributed by atoms with Crippen molar-refractivity contribution in [3.63, 3.8) is 0 Å². The molecule has 0 unspecified atom stereocenters. The number of piperazine rings is 1. The number of aliphatic hydroxyl groups excluding tert-OH is 1. The van der Waals surface area contributed by atoms with E-state index in [9.17, 15) is 42.8 Å². The average Bonchev–Trinajstić information content (AvgIpc) is 3.86. The van der Waals surface area contributed by atoms with Crippen molar-refractivity contribution in [2.45, 2.75) is 31.3 Å². The highest BCUT2D eigenvalue weighted by Crippen LogP contribution is 2.40. The van der Waals surface area contributed by atoms with Crippen LogP contribution in [-0.4, -0.2) is 108 Å². The number of alkyl halides is 3. The van der Waals surface area contributed by atoms with Crippen LogP contribution in [0.25, 0.3) is 22.6 Å². The molecule has 20 heteroatoms. The molecule has 2 atom stereocenters. The minimum atomic E-state index is -4.88. The lowest BCUT2D eigenvalue weighted by Gasteiger charge is -2.36. The van der Waals surface area contributed by atoms with Gasteiger partial charge in [-0.15, -0.1) is 0 Å². The van der Waals surface area contributed by atoms with Crippen LogP contribution in [0.4, 0.5) is 18.9 Å². The van der Waals surface area contributed by atoms with Crippen LogP contribution in [-0.2, 0) is 17.5 Å². The number of amides is 3. The van der Waals surface area contributed by atoms with Crippen LogP contribution >= 0.6 is 11.6 Å². The highest BCUT2D eigenvalue weighted by molar-refractivity contribution is 6.33. The zero-order valence-electron chi connectivity index (χ0n) is 25.8. The van der Waals surface area contributed by atoms with Crippen molar-refractivity contribution in [1.29, 1.82) is 0 Å². The molecule has 6 rings (SSSR count). The van der Waals surface area contributed by atoms with Gasteiger partial charge in [0.15, 0.2) is 5.82 Å². The van der Waals surface area contributed by atoms with E-state index in [1.165, 1.54) is 12.1 Å². The quantitative estimate of drug-likeness (QED) is 0.133. The summed E-state index contributed by atoms with van der Waals surface area (Å²) in [5.41, 5.74) is -1.94. The molecule has 0 saturated carbocycles. The van der Waals surface area contributed by atoms with Crippen LogP contribution in [0.1, 0.15) is 38.7 Å². The molecule has 5 heterocycles. The number of aliphatic hydroxyl groups is 1. The van der Waals surface area contributed by atoms with E-state index in [-0.39, 0.29) is 70.6 Å². The van der Waals surface area contributed by atoms with Crippen LogP contribution < -0.4 is 10.6 Å². The lowest BCUT2D eigenvalue weighted by Crippen LogP contribution is -2.55. The summed E-state index contributed by atoms with van der Waals surface area (Å²) < 4.78 is 41.6. The maximum atomic E-state index is 13.9. The number of H-pyrrole nitrogens is 2. The summed E-state index contributed by atoms with van der Waals surface area (Å²) in [6, 6.07) is 6.18. The first-order valence-electron chi connectivity index (χ1n) is 15.2. The van der Waals surface area contributed by atoms with Crippen LogP contribution in [0.15, 0.2) is 42.7 Å². The van der Waals surface area contributed by atoms with Gasteiger partial charge in [0.1, 0.15) is 23.6 Å². The van der Waals surface area contributed by atoms with E-state index in [0.29, 0.717) is 31.6 Å². The van der Waals surface area contributed by atoms with Gasteiger partial charge in [-0.05, 0) is 36.7 Å². The Hall–Kier alpha value is -5.40. The van der Waals surface area contributed by atoms with Crippen LogP contribution in [0, 0.1) is 10.1 Å². The molecule has 1 aromatic carbocycles. The maximum Gasteiger partial charge on any atom is 0.433 e. The number of aromatic amines is 2. The molecule has 2 aliphatic rings. The molecule has 2 saturated heterocycles. The summed E-state index contributed by atoms with van der Waals surface area (Å²) in [4.78, 5) is 62.7. The number of nitrogens with one attached hydrogen (secondary N) is 4. The molecule has 2 aliphatic heterocycles. The SMILES string of the molecule is O=C(NCc1ccc(C(=O)N2CCN(C(=O)[C@H]3NCC[C@@H]3O)CC2)c(Cl)c1)c1ncc(-c2c(-c3ccc([N+](=O)[O-])cn3)n[nH]c2C(F)(F)F)[nH]1. The Bertz CT molecular complexity index is 1940. The van der Waals surface area contributed by atoms with E-state index < -0.39 is 40.4 Å². The van der Waals surface area contributed by atoms with E-state index in [0.717, 1.165) is 24.5 Å². The zero-order chi connectivity index (χ0) is 35.7. The highest BCUT2D eigenvalue weighted by Gasteiger charge is 2.39. The maximum absolute atomic E-state index is 13.9. The lowest BCUT2D eigenvalue weighted by atomic mass is 10.1. The Morgan fingerprint density at radius 3 is 2.44 bits per heavy atom. The number of hydrogen-bond acceptors (Lipinski definition) is 10. The predicted octanol–water partition coefficient (Wildman–Crippen LogP) is 2.38. The van der Waals surface area contributed by atoms with Gasteiger partial charge >= 0.3 is 6.18 Å². The Kier molecular flexibility index (Phi) is 9.54. The summed E-state index contributed by atoms with van der Waals surface area (Å²) in [7, 11) is 0. The second-order valence-corrected chi connectivity index (χ2v) is 11.9. The van der Waals surface area contributed by atoms with E-state index in [2.05, 4.69) is 30.7 Å².